The molecule has 4 N–H and O–H groups in total. The first-order chi connectivity index (χ1) is 17.5. The van der Waals surface area contributed by atoms with E-state index in [1.54, 1.807) is 18.2 Å². The molecule has 8 nitrogen and oxygen atoms in total. The van der Waals surface area contributed by atoms with E-state index in [0.29, 0.717) is 25.2 Å². The highest BCUT2D eigenvalue weighted by molar-refractivity contribution is 7.89. The highest BCUT2D eigenvalue weighted by atomic mass is 32.2. The molecule has 3 rings (SSSR count). The van der Waals surface area contributed by atoms with Crippen molar-refractivity contribution in [2.45, 2.75) is 70.0 Å². The first kappa shape index (κ1) is 29.1. The molecule has 1 amide bonds. The van der Waals surface area contributed by atoms with Gasteiger partial charge in [-0.15, -0.1) is 0 Å². The van der Waals surface area contributed by atoms with Crippen LogP contribution in [0.1, 0.15) is 46.7 Å². The molecule has 0 saturated carbocycles. The second kappa shape index (κ2) is 12.9. The Labute approximate surface area is 222 Å². The molecular formula is C28H43N3O5S. The minimum absolute atomic E-state index is 0. The second-order valence-electron chi connectivity index (χ2n) is 10.4. The van der Waals surface area contributed by atoms with Crippen molar-refractivity contribution >= 4 is 15.9 Å². The summed E-state index contributed by atoms with van der Waals surface area (Å²) in [6, 6.07) is 12.9. The zero-order valence-corrected chi connectivity index (χ0v) is 23.1. The van der Waals surface area contributed by atoms with Crippen molar-refractivity contribution in [1.29, 1.82) is 0 Å². The number of carbonyl (C=O) groups excluding carboxylic acids is 1. The fourth-order valence-electron chi connectivity index (χ4n) is 4.43. The number of aliphatic hydroxyl groups is 1. The van der Waals surface area contributed by atoms with E-state index < -0.39 is 28.2 Å². The number of aliphatic hydroxyl groups excluding tert-OH is 1. The van der Waals surface area contributed by atoms with Crippen molar-refractivity contribution in [2.24, 2.45) is 17.6 Å². The molecule has 0 fully saturated rings. The SMILES string of the molecule is CCC(C)[C@H](N)C(=O)N[C@@H](Cc1ccccc1)[C@H](O)CN(CC(C)C)S(=O)(=O)c1ccc2c(c1)CCO2.[HH]. The Bertz CT molecular complexity index is 1150. The lowest BCUT2D eigenvalue weighted by Crippen LogP contribution is -2.55. The molecule has 2 aromatic carbocycles. The molecule has 1 aliphatic rings. The maximum atomic E-state index is 13.7. The Morgan fingerprint density at radius 1 is 1.16 bits per heavy atom. The van der Waals surface area contributed by atoms with Gasteiger partial charge in [0.25, 0.3) is 0 Å². The fourth-order valence-corrected chi connectivity index (χ4v) is 6.10. The van der Waals surface area contributed by atoms with Crippen molar-refractivity contribution in [3.63, 3.8) is 0 Å². The van der Waals surface area contributed by atoms with E-state index in [1.165, 1.54) is 4.31 Å². The van der Waals surface area contributed by atoms with Gasteiger partial charge in [-0.2, -0.15) is 4.31 Å². The molecule has 9 heteroatoms. The Kier molecular flexibility index (Phi) is 10.1. The van der Waals surface area contributed by atoms with E-state index in [9.17, 15) is 18.3 Å². The topological polar surface area (TPSA) is 122 Å². The zero-order chi connectivity index (χ0) is 27.2. The Hall–Kier alpha value is -2.46. The number of benzene rings is 2. The molecule has 4 atom stereocenters. The Morgan fingerprint density at radius 2 is 1.86 bits per heavy atom. The number of ether oxygens (including phenoxy) is 1. The number of fused-ring (bicyclic) bond motifs is 1. The van der Waals surface area contributed by atoms with E-state index in [1.807, 2.05) is 58.0 Å². The van der Waals surface area contributed by atoms with Crippen molar-refractivity contribution in [1.82, 2.24) is 9.62 Å². The van der Waals surface area contributed by atoms with Crippen LogP contribution in [0.4, 0.5) is 0 Å². The number of nitrogens with one attached hydrogen (secondary N) is 1. The standard InChI is InChI=1S/C28H41N3O5S.H2/c1-5-20(4)27(29)28(33)30-24(15-21-9-7-6-8-10-21)25(32)18-31(17-19(2)3)37(34,35)23-11-12-26-22(16-23)13-14-36-26;/h6-12,16,19-20,24-25,27,32H,5,13-15,17-18,29H2,1-4H3,(H,30,33);1H/t20?,24-,25+,27-;/m0./s1. The number of rotatable bonds is 13. The van der Waals surface area contributed by atoms with Gasteiger partial charge in [-0.1, -0.05) is 64.4 Å². The molecule has 1 unspecified atom stereocenters. The van der Waals surface area contributed by atoms with Gasteiger partial charge in [0, 0.05) is 20.9 Å². The Balaban J connectivity index is 0.00000507. The van der Waals surface area contributed by atoms with Crippen LogP contribution < -0.4 is 15.8 Å². The summed E-state index contributed by atoms with van der Waals surface area (Å²) in [5.41, 5.74) is 7.94. The lowest BCUT2D eigenvalue weighted by Gasteiger charge is -2.31. The molecule has 0 bridgehead atoms. The normalized spacial score (nSPS) is 16.6. The van der Waals surface area contributed by atoms with Gasteiger partial charge in [-0.3, -0.25) is 4.79 Å². The van der Waals surface area contributed by atoms with Crippen molar-refractivity contribution in [2.75, 3.05) is 19.7 Å². The minimum Gasteiger partial charge on any atom is -0.493 e. The average molecular weight is 534 g/mol. The van der Waals surface area contributed by atoms with E-state index in [-0.39, 0.29) is 37.2 Å². The third-order valence-corrected chi connectivity index (χ3v) is 8.74. The third-order valence-electron chi connectivity index (χ3n) is 6.91. The van der Waals surface area contributed by atoms with Crippen LogP contribution >= 0.6 is 0 Å². The number of nitrogens with zero attached hydrogens (tertiary/aromatic N) is 1. The van der Waals surface area contributed by atoms with Crippen LogP contribution in [0.2, 0.25) is 0 Å². The molecule has 1 heterocycles. The van der Waals surface area contributed by atoms with Gasteiger partial charge in [0.1, 0.15) is 5.75 Å². The number of nitrogens with two attached hydrogens (primary N) is 1. The molecule has 0 radical (unpaired) electrons. The molecule has 206 valence electrons. The summed E-state index contributed by atoms with van der Waals surface area (Å²) >= 11 is 0. The number of carbonyl (C=O) groups is 1. The molecular weight excluding hydrogens is 490 g/mol. The average Bonchev–Trinajstić information content (AvgIpc) is 3.35. The van der Waals surface area contributed by atoms with Gasteiger partial charge < -0.3 is 20.9 Å². The molecule has 1 aliphatic heterocycles. The van der Waals surface area contributed by atoms with E-state index in [4.69, 9.17) is 10.5 Å². The highest BCUT2D eigenvalue weighted by Crippen LogP contribution is 2.29. The van der Waals surface area contributed by atoms with Gasteiger partial charge in [-0.05, 0) is 47.6 Å². The van der Waals surface area contributed by atoms with E-state index in [2.05, 4.69) is 5.32 Å². The zero-order valence-electron chi connectivity index (χ0n) is 22.3. The van der Waals surface area contributed by atoms with Gasteiger partial charge in [-0.25, -0.2) is 8.42 Å². The van der Waals surface area contributed by atoms with E-state index in [0.717, 1.165) is 17.5 Å². The van der Waals surface area contributed by atoms with Gasteiger partial charge >= 0.3 is 0 Å². The van der Waals surface area contributed by atoms with Crippen LogP contribution in [-0.2, 0) is 27.7 Å². The minimum atomic E-state index is -3.90. The predicted octanol–water partition coefficient (Wildman–Crippen LogP) is 2.98. The van der Waals surface area contributed by atoms with Crippen LogP contribution in [0.15, 0.2) is 53.4 Å². The van der Waals surface area contributed by atoms with Crippen molar-refractivity contribution in [3.8, 4) is 5.75 Å². The van der Waals surface area contributed by atoms with E-state index >= 15 is 0 Å². The maximum absolute atomic E-state index is 13.7. The molecule has 2 aromatic rings. The Morgan fingerprint density at radius 3 is 2.51 bits per heavy atom. The van der Waals surface area contributed by atoms with Crippen LogP contribution in [-0.4, -0.2) is 61.6 Å². The van der Waals surface area contributed by atoms with Crippen LogP contribution in [0.3, 0.4) is 0 Å². The molecule has 0 aliphatic carbocycles. The maximum Gasteiger partial charge on any atom is 0.243 e. The van der Waals surface area contributed by atoms with Gasteiger partial charge in [0.2, 0.25) is 15.9 Å². The molecule has 37 heavy (non-hydrogen) atoms. The fraction of sp³-hybridized carbons (Fsp3) is 0.536. The smallest absolute Gasteiger partial charge is 0.243 e. The lowest BCUT2D eigenvalue weighted by molar-refractivity contribution is -0.125. The molecule has 0 aromatic heterocycles. The number of amides is 1. The predicted molar refractivity (Wildman–Crippen MR) is 147 cm³/mol. The quantitative estimate of drug-likeness (QED) is 0.364. The highest BCUT2D eigenvalue weighted by Gasteiger charge is 2.33. The number of hydrogen-bond acceptors (Lipinski definition) is 6. The van der Waals surface area contributed by atoms with Crippen molar-refractivity contribution in [3.05, 3.63) is 59.7 Å². The monoisotopic (exact) mass is 533 g/mol. The van der Waals surface area contributed by atoms with Crippen molar-refractivity contribution < 1.29 is 24.5 Å². The van der Waals surface area contributed by atoms with Crippen LogP contribution in [0.5, 0.6) is 5.75 Å². The number of sulfonamides is 1. The first-order valence-electron chi connectivity index (χ1n) is 13.1. The summed E-state index contributed by atoms with van der Waals surface area (Å²) in [5.74, 6) is 0.348. The van der Waals surface area contributed by atoms with Crippen LogP contribution in [0, 0.1) is 11.8 Å². The van der Waals surface area contributed by atoms with Gasteiger partial charge in [0.15, 0.2) is 0 Å². The lowest BCUT2D eigenvalue weighted by atomic mass is 9.97. The summed E-state index contributed by atoms with van der Waals surface area (Å²) in [6.45, 7) is 8.33. The first-order valence-corrected chi connectivity index (χ1v) is 14.5. The molecule has 0 saturated heterocycles. The summed E-state index contributed by atoms with van der Waals surface area (Å²) in [7, 11) is -3.90. The molecule has 0 spiro atoms. The number of hydrogen-bond donors (Lipinski definition) is 3. The van der Waals surface area contributed by atoms with Crippen LogP contribution in [0.25, 0.3) is 0 Å². The second-order valence-corrected chi connectivity index (χ2v) is 12.3. The summed E-state index contributed by atoms with van der Waals surface area (Å²) in [4.78, 5) is 13.1. The van der Waals surface area contributed by atoms with Gasteiger partial charge in [0.05, 0.1) is 29.7 Å². The third kappa shape index (κ3) is 7.54. The summed E-state index contributed by atoms with van der Waals surface area (Å²) in [5, 5.41) is 14.3. The summed E-state index contributed by atoms with van der Waals surface area (Å²) in [6.07, 6.45) is 0.589. The summed E-state index contributed by atoms with van der Waals surface area (Å²) < 4.78 is 34.3. The largest absolute Gasteiger partial charge is 0.493 e.